The van der Waals surface area contributed by atoms with Crippen LogP contribution in [0.5, 0.6) is 11.6 Å². The van der Waals surface area contributed by atoms with Gasteiger partial charge in [0.05, 0.1) is 22.7 Å². The molecule has 2 heterocycles. The molecule has 1 aliphatic rings. The van der Waals surface area contributed by atoms with Gasteiger partial charge in [-0.2, -0.15) is 5.10 Å². The van der Waals surface area contributed by atoms with E-state index in [-0.39, 0.29) is 22.7 Å². The minimum Gasteiger partial charge on any atom is -0.480 e. The lowest BCUT2D eigenvalue weighted by atomic mass is 10.0. The molecule has 0 spiro atoms. The number of H-pyrrole nitrogens is 1. The Bertz CT molecular complexity index is 1670. The number of carbonyl (C=O) groups excluding carboxylic acids is 2. The van der Waals surface area contributed by atoms with Crippen LogP contribution < -0.4 is 20.1 Å². The van der Waals surface area contributed by atoms with Crippen molar-refractivity contribution in [1.82, 2.24) is 25.8 Å². The molecule has 4 aromatic rings. The summed E-state index contributed by atoms with van der Waals surface area (Å²) in [5, 5.41) is 13.0. The molecule has 1 fully saturated rings. The predicted molar refractivity (Wildman–Crippen MR) is 140 cm³/mol. The number of nitrogens with zero attached hydrogens (tertiary/aromatic N) is 2. The SMILES string of the molecule is [2H]C([2H])([2H])Oc1ncc(-c2ccc3c(C(=O)NCC4CC4)n[nH]c3c2)cc1C(=O)NC(C)c1ccccc1OC(F)(F)F. The van der Waals surface area contributed by atoms with Gasteiger partial charge in [0.25, 0.3) is 11.8 Å². The molecule has 2 amide bonds. The minimum atomic E-state index is -4.95. The average Bonchev–Trinajstić information content (AvgIpc) is 3.66. The van der Waals surface area contributed by atoms with Crippen molar-refractivity contribution in [3.8, 4) is 22.8 Å². The molecule has 1 aliphatic carbocycles. The lowest BCUT2D eigenvalue weighted by Crippen LogP contribution is -2.28. The van der Waals surface area contributed by atoms with Crippen LogP contribution in [0.4, 0.5) is 13.2 Å². The van der Waals surface area contributed by atoms with Crippen LogP contribution in [-0.2, 0) is 0 Å². The molecule has 1 saturated carbocycles. The van der Waals surface area contributed by atoms with Gasteiger partial charge in [0, 0.05) is 29.3 Å². The number of para-hydroxylation sites is 1. The summed E-state index contributed by atoms with van der Waals surface area (Å²) in [7, 11) is -2.94. The highest BCUT2D eigenvalue weighted by atomic mass is 19.4. The number of benzene rings is 2. The highest BCUT2D eigenvalue weighted by Gasteiger charge is 2.33. The van der Waals surface area contributed by atoms with Crippen LogP contribution in [0.3, 0.4) is 0 Å². The molecule has 1 atom stereocenters. The van der Waals surface area contributed by atoms with Gasteiger partial charge < -0.3 is 20.1 Å². The molecule has 0 saturated heterocycles. The van der Waals surface area contributed by atoms with E-state index in [0.29, 0.717) is 34.5 Å². The van der Waals surface area contributed by atoms with E-state index in [0.717, 1.165) is 18.9 Å². The molecular weight excluding hydrogens is 527 g/mol. The predicted octanol–water partition coefficient (Wildman–Crippen LogP) is 5.16. The first-order valence-corrected chi connectivity index (χ1v) is 12.4. The molecule has 1 unspecified atom stereocenters. The van der Waals surface area contributed by atoms with Gasteiger partial charge in [-0.15, -0.1) is 13.2 Å². The third kappa shape index (κ3) is 6.00. The molecule has 3 N–H and O–H groups in total. The maximum absolute atomic E-state index is 13.4. The van der Waals surface area contributed by atoms with Crippen molar-refractivity contribution in [2.75, 3.05) is 13.6 Å². The largest absolute Gasteiger partial charge is 0.573 e. The summed E-state index contributed by atoms with van der Waals surface area (Å²) >= 11 is 0. The fourth-order valence-electron chi connectivity index (χ4n) is 4.28. The summed E-state index contributed by atoms with van der Waals surface area (Å²) in [6.07, 6.45) is -1.45. The van der Waals surface area contributed by atoms with Gasteiger partial charge in [-0.1, -0.05) is 24.3 Å². The zero-order valence-corrected chi connectivity index (χ0v) is 21.1. The zero-order valence-electron chi connectivity index (χ0n) is 24.1. The molecule has 5 rings (SSSR count). The number of nitrogens with one attached hydrogen (secondary N) is 3. The third-order valence-corrected chi connectivity index (χ3v) is 6.51. The fraction of sp³-hybridized carbons (Fsp3) is 0.286. The Morgan fingerprint density at radius 3 is 2.70 bits per heavy atom. The van der Waals surface area contributed by atoms with Crippen molar-refractivity contribution in [3.63, 3.8) is 0 Å². The number of pyridine rings is 1. The Morgan fingerprint density at radius 2 is 1.95 bits per heavy atom. The minimum absolute atomic E-state index is 0.0391. The first-order chi connectivity index (χ1) is 20.3. The molecule has 2 aromatic heterocycles. The van der Waals surface area contributed by atoms with Crippen LogP contribution in [-0.4, -0.2) is 46.9 Å². The topological polar surface area (TPSA) is 118 Å². The van der Waals surface area contributed by atoms with Crippen molar-refractivity contribution in [2.24, 2.45) is 5.92 Å². The van der Waals surface area contributed by atoms with Crippen molar-refractivity contribution in [2.45, 2.75) is 32.2 Å². The van der Waals surface area contributed by atoms with Crippen LogP contribution in [0.15, 0.2) is 54.7 Å². The van der Waals surface area contributed by atoms with Crippen LogP contribution in [0.2, 0.25) is 0 Å². The second-order valence-electron chi connectivity index (χ2n) is 9.45. The summed E-state index contributed by atoms with van der Waals surface area (Å²) in [6.45, 7) is 2.04. The number of amides is 2. The molecule has 40 heavy (non-hydrogen) atoms. The van der Waals surface area contributed by atoms with Gasteiger partial charge in [0.1, 0.15) is 11.3 Å². The highest BCUT2D eigenvalue weighted by Crippen LogP contribution is 2.32. The molecular formula is C28H26F3N5O4. The lowest BCUT2D eigenvalue weighted by molar-refractivity contribution is -0.275. The number of aromatic amines is 1. The molecule has 0 bridgehead atoms. The molecule has 0 aliphatic heterocycles. The smallest absolute Gasteiger partial charge is 0.480 e. The molecule has 9 nitrogen and oxygen atoms in total. The summed E-state index contributed by atoms with van der Waals surface area (Å²) in [6, 6.07) is 10.8. The van der Waals surface area contributed by atoms with E-state index in [1.165, 1.54) is 37.4 Å². The summed E-state index contributed by atoms with van der Waals surface area (Å²) < 4.78 is 70.2. The third-order valence-electron chi connectivity index (χ3n) is 6.51. The van der Waals surface area contributed by atoms with Crippen molar-refractivity contribution < 1.29 is 36.3 Å². The first kappa shape index (κ1) is 23.3. The van der Waals surface area contributed by atoms with Crippen LogP contribution >= 0.6 is 0 Å². The number of fused-ring (bicyclic) bond motifs is 1. The fourth-order valence-corrected chi connectivity index (χ4v) is 4.28. The van der Waals surface area contributed by atoms with Gasteiger partial charge in [-0.25, -0.2) is 4.98 Å². The standard InChI is InChI=1S/C28H26F3N5O4/c1-15(19-5-3-4-6-23(19)40-28(29,30)31)34-25(37)21-11-18(14-33-27(21)39-2)17-9-10-20-22(12-17)35-36-24(20)26(38)32-13-16-7-8-16/h3-6,9-12,14-16H,7-8,13H2,1-2H3,(H,32,38)(H,34,37)(H,35,36)/i2D3. The first-order valence-electron chi connectivity index (χ1n) is 13.9. The van der Waals surface area contributed by atoms with E-state index >= 15 is 0 Å². The van der Waals surface area contributed by atoms with Gasteiger partial charge in [-0.05, 0) is 55.5 Å². The van der Waals surface area contributed by atoms with Gasteiger partial charge in [0.2, 0.25) is 5.88 Å². The number of hydrogen-bond donors (Lipinski definition) is 3. The lowest BCUT2D eigenvalue weighted by Gasteiger charge is -2.19. The quantitative estimate of drug-likeness (QED) is 0.262. The van der Waals surface area contributed by atoms with Crippen molar-refractivity contribution >= 4 is 22.7 Å². The van der Waals surface area contributed by atoms with Crippen LogP contribution in [0.1, 0.15) is 56.3 Å². The van der Waals surface area contributed by atoms with E-state index in [4.69, 9.17) is 8.85 Å². The molecule has 12 heteroatoms. The van der Waals surface area contributed by atoms with E-state index in [1.54, 1.807) is 18.2 Å². The number of hydrogen-bond acceptors (Lipinski definition) is 6. The normalized spacial score (nSPS) is 15.4. The van der Waals surface area contributed by atoms with Crippen LogP contribution in [0, 0.1) is 5.92 Å². The maximum atomic E-state index is 13.4. The highest BCUT2D eigenvalue weighted by molar-refractivity contribution is 6.05. The van der Waals surface area contributed by atoms with Crippen molar-refractivity contribution in [3.05, 3.63) is 71.5 Å². The maximum Gasteiger partial charge on any atom is 0.573 e. The zero-order chi connectivity index (χ0) is 30.9. The summed E-state index contributed by atoms with van der Waals surface area (Å²) in [5.74, 6) is -1.63. The summed E-state index contributed by atoms with van der Waals surface area (Å²) in [5.41, 5.74) is 1.51. The second-order valence-corrected chi connectivity index (χ2v) is 9.45. The Balaban J connectivity index is 1.43. The Hall–Kier alpha value is -4.61. The number of aromatic nitrogens is 3. The molecule has 208 valence electrons. The number of halogens is 3. The number of alkyl halides is 3. The number of rotatable bonds is 9. The Kier molecular flexibility index (Phi) is 6.33. The summed E-state index contributed by atoms with van der Waals surface area (Å²) in [4.78, 5) is 30.0. The van der Waals surface area contributed by atoms with E-state index in [9.17, 15) is 22.8 Å². The van der Waals surface area contributed by atoms with E-state index < -0.39 is 37.0 Å². The monoisotopic (exact) mass is 556 g/mol. The van der Waals surface area contributed by atoms with E-state index in [1.807, 2.05) is 0 Å². The molecule has 0 radical (unpaired) electrons. The van der Waals surface area contributed by atoms with Crippen molar-refractivity contribution in [1.29, 1.82) is 0 Å². The van der Waals surface area contributed by atoms with E-state index in [2.05, 4.69) is 30.6 Å². The number of ether oxygens (including phenoxy) is 2. The van der Waals surface area contributed by atoms with Gasteiger partial charge >= 0.3 is 6.36 Å². The van der Waals surface area contributed by atoms with Gasteiger partial charge in [0.15, 0.2) is 5.69 Å². The Labute approximate surface area is 231 Å². The second kappa shape index (κ2) is 10.9. The molecule has 2 aromatic carbocycles. The number of methoxy groups -OCH3 is 1. The average molecular weight is 557 g/mol. The Morgan fingerprint density at radius 1 is 1.15 bits per heavy atom. The van der Waals surface area contributed by atoms with Gasteiger partial charge in [-0.3, -0.25) is 14.7 Å². The number of carbonyl (C=O) groups is 2. The van der Waals surface area contributed by atoms with Crippen LogP contribution in [0.25, 0.3) is 22.0 Å².